The summed E-state index contributed by atoms with van der Waals surface area (Å²) in [5.74, 6) is -1.24. The van der Waals surface area contributed by atoms with Gasteiger partial charge < -0.3 is 15.4 Å². The molecule has 0 aromatic heterocycles. The molecule has 1 aliphatic rings. The highest BCUT2D eigenvalue weighted by molar-refractivity contribution is 8.01. The maximum absolute atomic E-state index is 12.1. The van der Waals surface area contributed by atoms with Crippen LogP contribution < -0.4 is 10.6 Å². The molecule has 2 amide bonds. The van der Waals surface area contributed by atoms with Gasteiger partial charge in [-0.1, -0.05) is 24.3 Å². The molecule has 0 saturated carbocycles. The Morgan fingerprint density at radius 1 is 1.19 bits per heavy atom. The number of carbonyl (C=O) groups is 3. The fourth-order valence-electron chi connectivity index (χ4n) is 2.64. The van der Waals surface area contributed by atoms with Crippen molar-refractivity contribution in [2.24, 2.45) is 0 Å². The van der Waals surface area contributed by atoms with Crippen LogP contribution in [0.4, 0.5) is 11.4 Å². The van der Waals surface area contributed by atoms with Crippen LogP contribution in [0, 0.1) is 13.8 Å². The van der Waals surface area contributed by atoms with E-state index in [0.717, 1.165) is 21.7 Å². The Labute approximate surface area is 161 Å². The van der Waals surface area contributed by atoms with Crippen molar-refractivity contribution in [2.45, 2.75) is 30.4 Å². The zero-order chi connectivity index (χ0) is 19.4. The zero-order valence-corrected chi connectivity index (χ0v) is 15.9. The number of esters is 1. The number of carbonyl (C=O) groups excluding carboxylic acids is 3. The van der Waals surface area contributed by atoms with Crippen LogP contribution in [0.2, 0.25) is 0 Å². The molecule has 3 rings (SSSR count). The van der Waals surface area contributed by atoms with Crippen molar-refractivity contribution in [3.63, 3.8) is 0 Å². The van der Waals surface area contributed by atoms with Gasteiger partial charge in [0.2, 0.25) is 5.91 Å². The van der Waals surface area contributed by atoms with Crippen LogP contribution in [0.3, 0.4) is 0 Å². The van der Waals surface area contributed by atoms with E-state index in [0.29, 0.717) is 5.69 Å². The Morgan fingerprint density at radius 3 is 2.78 bits per heavy atom. The normalized spacial score (nSPS) is 15.5. The lowest BCUT2D eigenvalue weighted by molar-refractivity contribution is -0.147. The molecule has 7 heteroatoms. The summed E-state index contributed by atoms with van der Waals surface area (Å²) in [7, 11) is 0. The molecule has 0 unspecified atom stereocenters. The van der Waals surface area contributed by atoms with Crippen molar-refractivity contribution >= 4 is 40.9 Å². The summed E-state index contributed by atoms with van der Waals surface area (Å²) in [5.41, 5.74) is 3.38. The van der Waals surface area contributed by atoms with Gasteiger partial charge in [0, 0.05) is 10.6 Å². The number of nitrogens with one attached hydrogen (secondary N) is 2. The van der Waals surface area contributed by atoms with E-state index in [4.69, 9.17) is 4.74 Å². The highest BCUT2D eigenvalue weighted by Crippen LogP contribution is 2.36. The molecule has 140 valence electrons. The van der Waals surface area contributed by atoms with Crippen LogP contribution in [0.15, 0.2) is 47.4 Å². The van der Waals surface area contributed by atoms with Crippen LogP contribution >= 0.6 is 11.8 Å². The smallest absolute Gasteiger partial charge is 0.307 e. The predicted molar refractivity (Wildman–Crippen MR) is 105 cm³/mol. The molecular weight excluding hydrogens is 364 g/mol. The van der Waals surface area contributed by atoms with Crippen molar-refractivity contribution < 1.29 is 19.1 Å². The van der Waals surface area contributed by atoms with Gasteiger partial charge in [0.15, 0.2) is 6.61 Å². The van der Waals surface area contributed by atoms with E-state index in [2.05, 4.69) is 10.6 Å². The Kier molecular flexibility index (Phi) is 5.81. The molecule has 0 bridgehead atoms. The first-order chi connectivity index (χ1) is 12.9. The fraction of sp³-hybridized carbons (Fsp3) is 0.250. The number of amides is 2. The summed E-state index contributed by atoms with van der Waals surface area (Å²) in [6.07, 6.45) is -0.0956. The van der Waals surface area contributed by atoms with E-state index in [9.17, 15) is 14.4 Å². The number of para-hydroxylation sites is 1. The Balaban J connectivity index is 1.50. The van der Waals surface area contributed by atoms with Crippen LogP contribution in [-0.4, -0.2) is 29.6 Å². The minimum absolute atomic E-state index is 0.0956. The zero-order valence-electron chi connectivity index (χ0n) is 15.1. The molecular formula is C20H20N2O4S. The third kappa shape index (κ3) is 4.89. The molecule has 2 N–H and O–H groups in total. The Hall–Kier alpha value is -2.80. The molecule has 1 atom stereocenters. The van der Waals surface area contributed by atoms with E-state index in [1.165, 1.54) is 11.8 Å². The van der Waals surface area contributed by atoms with E-state index >= 15 is 0 Å². The quantitative estimate of drug-likeness (QED) is 0.773. The van der Waals surface area contributed by atoms with E-state index in [-0.39, 0.29) is 18.9 Å². The third-order valence-corrected chi connectivity index (χ3v) is 5.37. The summed E-state index contributed by atoms with van der Waals surface area (Å²) in [5, 5.41) is 4.93. The molecule has 2 aromatic rings. The number of hydrogen-bond donors (Lipinski definition) is 2. The van der Waals surface area contributed by atoms with Crippen molar-refractivity contribution in [3.8, 4) is 0 Å². The molecule has 0 aliphatic carbocycles. The molecule has 1 aliphatic heterocycles. The van der Waals surface area contributed by atoms with Gasteiger partial charge in [0.25, 0.3) is 5.91 Å². The first kappa shape index (κ1) is 19.0. The van der Waals surface area contributed by atoms with Crippen molar-refractivity contribution in [2.75, 3.05) is 17.2 Å². The number of benzene rings is 2. The van der Waals surface area contributed by atoms with Gasteiger partial charge in [-0.15, -0.1) is 11.8 Å². The van der Waals surface area contributed by atoms with Crippen molar-refractivity contribution in [1.82, 2.24) is 0 Å². The third-order valence-electron chi connectivity index (χ3n) is 4.09. The molecule has 2 aromatic carbocycles. The van der Waals surface area contributed by atoms with Gasteiger partial charge >= 0.3 is 5.97 Å². The van der Waals surface area contributed by atoms with Gasteiger partial charge in [0.1, 0.15) is 0 Å². The Bertz CT molecular complexity index is 897. The van der Waals surface area contributed by atoms with Crippen LogP contribution in [-0.2, 0) is 19.1 Å². The summed E-state index contributed by atoms with van der Waals surface area (Å²) in [6, 6.07) is 13.1. The van der Waals surface area contributed by atoms with Crippen molar-refractivity contribution in [3.05, 3.63) is 53.6 Å². The minimum Gasteiger partial charge on any atom is -0.456 e. The summed E-state index contributed by atoms with van der Waals surface area (Å²) in [4.78, 5) is 37.1. The number of rotatable bonds is 5. The lowest BCUT2D eigenvalue weighted by atomic mass is 10.1. The van der Waals surface area contributed by atoms with Gasteiger partial charge in [-0.2, -0.15) is 0 Å². The maximum atomic E-state index is 12.1. The topological polar surface area (TPSA) is 84.5 Å². The molecule has 1 heterocycles. The average Bonchev–Trinajstić information content (AvgIpc) is 2.64. The van der Waals surface area contributed by atoms with E-state index < -0.39 is 17.1 Å². The molecule has 0 spiro atoms. The van der Waals surface area contributed by atoms with E-state index in [1.807, 2.05) is 56.3 Å². The van der Waals surface area contributed by atoms with Crippen molar-refractivity contribution in [1.29, 1.82) is 0 Å². The summed E-state index contributed by atoms with van der Waals surface area (Å²) < 4.78 is 5.04. The fourth-order valence-corrected chi connectivity index (χ4v) is 3.74. The van der Waals surface area contributed by atoms with Crippen LogP contribution in [0.25, 0.3) is 0 Å². The first-order valence-corrected chi connectivity index (χ1v) is 9.39. The monoisotopic (exact) mass is 384 g/mol. The summed E-state index contributed by atoms with van der Waals surface area (Å²) >= 11 is 1.32. The first-order valence-electron chi connectivity index (χ1n) is 8.51. The van der Waals surface area contributed by atoms with Gasteiger partial charge in [-0.25, -0.2) is 0 Å². The Morgan fingerprint density at radius 2 is 1.96 bits per heavy atom. The standard InChI is InChI=1S/C20H20N2O4S/c1-12-7-8-13(2)15(9-12)21-18(23)11-26-19(24)10-17-20(25)22-14-5-3-4-6-16(14)27-17/h3-9,17H,10-11H2,1-2H3,(H,21,23)(H,22,25)/t17-/m1/s1. The average molecular weight is 384 g/mol. The van der Waals surface area contributed by atoms with Crippen LogP contribution in [0.5, 0.6) is 0 Å². The second kappa shape index (κ2) is 8.26. The summed E-state index contributed by atoms with van der Waals surface area (Å²) in [6.45, 7) is 3.43. The number of thioether (sulfide) groups is 1. The molecule has 0 radical (unpaired) electrons. The van der Waals surface area contributed by atoms with Crippen LogP contribution in [0.1, 0.15) is 17.5 Å². The second-order valence-corrected chi connectivity index (χ2v) is 7.57. The number of anilines is 2. The number of ether oxygens (including phenoxy) is 1. The maximum Gasteiger partial charge on any atom is 0.307 e. The van der Waals surface area contributed by atoms with E-state index in [1.54, 1.807) is 0 Å². The molecule has 0 fully saturated rings. The lowest BCUT2D eigenvalue weighted by Crippen LogP contribution is -2.32. The lowest BCUT2D eigenvalue weighted by Gasteiger charge is -2.23. The predicted octanol–water partition coefficient (Wildman–Crippen LogP) is 3.29. The highest BCUT2D eigenvalue weighted by atomic mass is 32.2. The number of aryl methyl sites for hydroxylation is 2. The largest absolute Gasteiger partial charge is 0.456 e. The second-order valence-electron chi connectivity index (χ2n) is 6.32. The molecule has 0 saturated heterocycles. The van der Waals surface area contributed by atoms with Gasteiger partial charge in [0.05, 0.1) is 17.4 Å². The molecule has 6 nitrogen and oxygen atoms in total. The van der Waals surface area contributed by atoms with Gasteiger partial charge in [-0.05, 0) is 43.2 Å². The number of fused-ring (bicyclic) bond motifs is 1. The highest BCUT2D eigenvalue weighted by Gasteiger charge is 2.29. The SMILES string of the molecule is Cc1ccc(C)c(NC(=O)COC(=O)C[C@H]2Sc3ccccc3NC2=O)c1. The number of hydrogen-bond acceptors (Lipinski definition) is 5. The molecule has 27 heavy (non-hydrogen) atoms. The minimum atomic E-state index is -0.585. The van der Waals surface area contributed by atoms with Gasteiger partial charge in [-0.3, -0.25) is 14.4 Å².